The van der Waals surface area contributed by atoms with E-state index in [-0.39, 0.29) is 11.6 Å². The Balaban J connectivity index is 2.87. The molecule has 1 aromatic carbocycles. The smallest absolute Gasteiger partial charge is 0.0778 e. The van der Waals surface area contributed by atoms with E-state index in [4.69, 9.17) is 27.9 Å². The predicted octanol–water partition coefficient (Wildman–Crippen LogP) is 4.33. The number of ether oxygens (including phenoxy) is 1. The van der Waals surface area contributed by atoms with Gasteiger partial charge in [0.15, 0.2) is 0 Å². The monoisotopic (exact) mass is 303 g/mol. The molecule has 108 valence electrons. The first kappa shape index (κ1) is 16.8. The van der Waals surface area contributed by atoms with Crippen molar-refractivity contribution in [3.05, 3.63) is 33.8 Å². The Morgan fingerprint density at radius 1 is 1.32 bits per heavy atom. The minimum absolute atomic E-state index is 0.205. The lowest BCUT2D eigenvalue weighted by molar-refractivity contribution is -0.00997. The standard InChI is InChI=1S/C15H23Cl2NO/c1-5-8-18-14(15(2,3)19-4)9-11-6-7-12(16)10-13(11)17/h6-7,10,14,18H,5,8-9H2,1-4H3. The SMILES string of the molecule is CCCNC(Cc1ccc(Cl)cc1Cl)C(C)(C)OC. The molecular formula is C15H23Cl2NO. The van der Waals surface area contributed by atoms with Gasteiger partial charge in [0.05, 0.1) is 5.60 Å². The highest BCUT2D eigenvalue weighted by Crippen LogP contribution is 2.25. The van der Waals surface area contributed by atoms with Gasteiger partial charge in [-0.3, -0.25) is 0 Å². The molecule has 1 unspecified atom stereocenters. The van der Waals surface area contributed by atoms with E-state index in [1.54, 1.807) is 13.2 Å². The van der Waals surface area contributed by atoms with Crippen LogP contribution in [0.5, 0.6) is 0 Å². The first-order valence-electron chi connectivity index (χ1n) is 6.63. The Kier molecular flexibility index (Phi) is 6.61. The van der Waals surface area contributed by atoms with Crippen molar-refractivity contribution < 1.29 is 4.74 Å². The minimum atomic E-state index is -0.252. The zero-order valence-corrected chi connectivity index (χ0v) is 13.6. The molecule has 0 heterocycles. The van der Waals surface area contributed by atoms with Crippen molar-refractivity contribution in [2.45, 2.75) is 45.3 Å². The fourth-order valence-corrected chi connectivity index (χ4v) is 2.42. The Morgan fingerprint density at radius 3 is 2.53 bits per heavy atom. The van der Waals surface area contributed by atoms with Gasteiger partial charge in [-0.25, -0.2) is 0 Å². The molecule has 0 aliphatic carbocycles. The van der Waals surface area contributed by atoms with Crippen molar-refractivity contribution in [1.29, 1.82) is 0 Å². The van der Waals surface area contributed by atoms with Crippen LogP contribution >= 0.6 is 23.2 Å². The Bertz CT molecular complexity index is 407. The molecule has 1 atom stereocenters. The molecular weight excluding hydrogens is 281 g/mol. The average molecular weight is 304 g/mol. The van der Waals surface area contributed by atoms with Crippen molar-refractivity contribution in [2.75, 3.05) is 13.7 Å². The molecule has 19 heavy (non-hydrogen) atoms. The maximum absolute atomic E-state index is 6.25. The van der Waals surface area contributed by atoms with Gasteiger partial charge in [0.1, 0.15) is 0 Å². The van der Waals surface area contributed by atoms with E-state index in [9.17, 15) is 0 Å². The normalized spacial score (nSPS) is 13.6. The van der Waals surface area contributed by atoms with Crippen LogP contribution in [-0.4, -0.2) is 25.3 Å². The lowest BCUT2D eigenvalue weighted by atomic mass is 9.92. The topological polar surface area (TPSA) is 21.3 Å². The van der Waals surface area contributed by atoms with Crippen molar-refractivity contribution in [3.8, 4) is 0 Å². The Labute approximate surface area is 126 Å². The summed E-state index contributed by atoms with van der Waals surface area (Å²) in [7, 11) is 1.74. The largest absolute Gasteiger partial charge is 0.377 e. The molecule has 1 aromatic rings. The zero-order chi connectivity index (χ0) is 14.5. The number of nitrogens with one attached hydrogen (secondary N) is 1. The van der Waals surface area contributed by atoms with Gasteiger partial charge in [-0.05, 0) is 50.9 Å². The highest BCUT2D eigenvalue weighted by molar-refractivity contribution is 6.35. The van der Waals surface area contributed by atoms with Gasteiger partial charge in [-0.2, -0.15) is 0 Å². The minimum Gasteiger partial charge on any atom is -0.377 e. The number of halogens is 2. The van der Waals surface area contributed by atoms with Crippen LogP contribution in [0.2, 0.25) is 10.0 Å². The van der Waals surface area contributed by atoms with Gasteiger partial charge < -0.3 is 10.1 Å². The van der Waals surface area contributed by atoms with Gasteiger partial charge in [-0.15, -0.1) is 0 Å². The van der Waals surface area contributed by atoms with Gasteiger partial charge in [0.2, 0.25) is 0 Å². The molecule has 0 amide bonds. The van der Waals surface area contributed by atoms with Gasteiger partial charge in [0, 0.05) is 23.2 Å². The molecule has 0 saturated carbocycles. The van der Waals surface area contributed by atoms with Gasteiger partial charge in [0.25, 0.3) is 0 Å². The zero-order valence-electron chi connectivity index (χ0n) is 12.1. The summed E-state index contributed by atoms with van der Waals surface area (Å²) in [4.78, 5) is 0. The summed E-state index contributed by atoms with van der Waals surface area (Å²) in [6, 6.07) is 5.85. The molecule has 1 N–H and O–H groups in total. The summed E-state index contributed by atoms with van der Waals surface area (Å²) >= 11 is 12.2. The predicted molar refractivity (Wildman–Crippen MR) is 83.3 cm³/mol. The molecule has 0 radical (unpaired) electrons. The third kappa shape index (κ3) is 4.96. The van der Waals surface area contributed by atoms with Gasteiger partial charge >= 0.3 is 0 Å². The Morgan fingerprint density at radius 2 is 2.00 bits per heavy atom. The first-order valence-corrected chi connectivity index (χ1v) is 7.38. The third-order valence-corrected chi connectivity index (χ3v) is 4.03. The maximum Gasteiger partial charge on any atom is 0.0778 e. The van der Waals surface area contributed by atoms with E-state index >= 15 is 0 Å². The summed E-state index contributed by atoms with van der Waals surface area (Å²) in [6.07, 6.45) is 1.90. The van der Waals surface area contributed by atoms with E-state index < -0.39 is 0 Å². The van der Waals surface area contributed by atoms with E-state index in [2.05, 4.69) is 26.1 Å². The molecule has 0 fully saturated rings. The van der Waals surface area contributed by atoms with Crippen LogP contribution in [-0.2, 0) is 11.2 Å². The number of benzene rings is 1. The lowest BCUT2D eigenvalue weighted by Crippen LogP contribution is -2.49. The summed E-state index contributed by atoms with van der Waals surface area (Å²) in [6.45, 7) is 7.29. The highest BCUT2D eigenvalue weighted by atomic mass is 35.5. The van der Waals surface area contributed by atoms with E-state index in [1.807, 2.05) is 12.1 Å². The second kappa shape index (κ2) is 7.49. The van der Waals surface area contributed by atoms with Crippen molar-refractivity contribution in [1.82, 2.24) is 5.32 Å². The number of hydrogen-bond acceptors (Lipinski definition) is 2. The van der Waals surface area contributed by atoms with Crippen LogP contribution in [0, 0.1) is 0 Å². The van der Waals surface area contributed by atoms with Crippen molar-refractivity contribution >= 4 is 23.2 Å². The molecule has 4 heteroatoms. The van der Waals surface area contributed by atoms with Crippen LogP contribution in [0.4, 0.5) is 0 Å². The molecule has 0 saturated heterocycles. The van der Waals surface area contributed by atoms with Crippen LogP contribution in [0.15, 0.2) is 18.2 Å². The van der Waals surface area contributed by atoms with E-state index in [1.165, 1.54) is 0 Å². The lowest BCUT2D eigenvalue weighted by Gasteiger charge is -2.34. The molecule has 1 rings (SSSR count). The molecule has 0 aliphatic heterocycles. The Hall–Kier alpha value is -0.280. The second-order valence-electron chi connectivity index (χ2n) is 5.25. The number of rotatable bonds is 7. The summed E-state index contributed by atoms with van der Waals surface area (Å²) in [5.74, 6) is 0. The van der Waals surface area contributed by atoms with Gasteiger partial charge in [-0.1, -0.05) is 36.2 Å². The van der Waals surface area contributed by atoms with E-state index in [0.29, 0.717) is 10.0 Å². The first-order chi connectivity index (χ1) is 8.90. The number of hydrogen-bond donors (Lipinski definition) is 1. The van der Waals surface area contributed by atoms with Crippen LogP contribution in [0.1, 0.15) is 32.8 Å². The molecule has 0 bridgehead atoms. The molecule has 0 spiro atoms. The third-order valence-electron chi connectivity index (χ3n) is 3.45. The van der Waals surface area contributed by atoms with E-state index in [0.717, 1.165) is 24.9 Å². The number of methoxy groups -OCH3 is 1. The summed E-state index contributed by atoms with van der Waals surface area (Å²) in [5.41, 5.74) is 0.836. The maximum atomic E-state index is 6.25. The van der Waals surface area contributed by atoms with Crippen LogP contribution in [0.25, 0.3) is 0 Å². The molecule has 0 aliphatic rings. The van der Waals surface area contributed by atoms with Crippen LogP contribution < -0.4 is 5.32 Å². The fraction of sp³-hybridized carbons (Fsp3) is 0.600. The second-order valence-corrected chi connectivity index (χ2v) is 6.10. The quantitative estimate of drug-likeness (QED) is 0.809. The summed E-state index contributed by atoms with van der Waals surface area (Å²) < 4.78 is 5.60. The average Bonchev–Trinajstić information content (AvgIpc) is 2.36. The van der Waals surface area contributed by atoms with Crippen LogP contribution in [0.3, 0.4) is 0 Å². The molecule has 2 nitrogen and oxygen atoms in total. The summed E-state index contributed by atoms with van der Waals surface area (Å²) in [5, 5.41) is 4.91. The van der Waals surface area contributed by atoms with Crippen molar-refractivity contribution in [3.63, 3.8) is 0 Å². The molecule has 0 aromatic heterocycles. The highest BCUT2D eigenvalue weighted by Gasteiger charge is 2.29. The van der Waals surface area contributed by atoms with Crippen molar-refractivity contribution in [2.24, 2.45) is 0 Å². The fourth-order valence-electron chi connectivity index (χ4n) is 1.93.